The summed E-state index contributed by atoms with van der Waals surface area (Å²) in [5, 5.41) is 60.5. The van der Waals surface area contributed by atoms with E-state index in [1.54, 1.807) is 12.1 Å². The van der Waals surface area contributed by atoms with Crippen molar-refractivity contribution in [3.8, 4) is 40.2 Å². The minimum Gasteiger partial charge on any atom is -0.508 e. The van der Waals surface area contributed by atoms with Crippen LogP contribution in [0.2, 0.25) is 0 Å². The number of benzene rings is 3. The highest BCUT2D eigenvalue weighted by molar-refractivity contribution is 5.58. The van der Waals surface area contributed by atoms with Crippen LogP contribution in [0.15, 0.2) is 48.5 Å². The third-order valence-corrected chi connectivity index (χ3v) is 4.88. The summed E-state index contributed by atoms with van der Waals surface area (Å²) < 4.78 is 5.85. The van der Waals surface area contributed by atoms with E-state index >= 15 is 0 Å². The van der Waals surface area contributed by atoms with Gasteiger partial charge in [-0.2, -0.15) is 0 Å². The minimum absolute atomic E-state index is 0.00800. The molecule has 144 valence electrons. The van der Waals surface area contributed by atoms with E-state index in [0.717, 1.165) is 6.07 Å². The van der Waals surface area contributed by atoms with E-state index in [1.807, 2.05) is 0 Å². The molecule has 1 aliphatic heterocycles. The van der Waals surface area contributed by atoms with Crippen LogP contribution >= 0.6 is 0 Å². The normalized spacial score (nSPS) is 18.3. The Balaban J connectivity index is 1.95. The average Bonchev–Trinajstić information content (AvgIpc) is 2.62. The molecule has 4 rings (SSSR count). The predicted octanol–water partition coefficient (Wildman–Crippen LogP) is 3.06. The van der Waals surface area contributed by atoms with Crippen molar-refractivity contribution in [3.05, 3.63) is 65.2 Å². The first-order valence-electron chi connectivity index (χ1n) is 8.59. The highest BCUT2D eigenvalue weighted by Gasteiger charge is 2.32. The molecule has 2 atom stereocenters. The van der Waals surface area contributed by atoms with E-state index in [1.165, 1.54) is 30.3 Å². The number of rotatable bonds is 1. The van der Waals surface area contributed by atoms with Crippen LogP contribution in [0.4, 0.5) is 0 Å². The Kier molecular flexibility index (Phi) is 4.16. The maximum absolute atomic E-state index is 11.0. The van der Waals surface area contributed by atoms with Gasteiger partial charge in [0.25, 0.3) is 0 Å². The van der Waals surface area contributed by atoms with Gasteiger partial charge >= 0.3 is 0 Å². The van der Waals surface area contributed by atoms with E-state index in [2.05, 4.69) is 0 Å². The number of hydrogen-bond donors (Lipinski definition) is 6. The quantitative estimate of drug-likeness (QED) is 0.357. The Labute approximate surface area is 160 Å². The van der Waals surface area contributed by atoms with Gasteiger partial charge in [-0.3, -0.25) is 0 Å². The van der Waals surface area contributed by atoms with Crippen molar-refractivity contribution in [1.82, 2.24) is 0 Å². The summed E-state index contributed by atoms with van der Waals surface area (Å²) in [7, 11) is 0. The molecular weight excluding hydrogens is 364 g/mol. The van der Waals surface area contributed by atoms with Gasteiger partial charge < -0.3 is 35.4 Å². The fourth-order valence-electron chi connectivity index (χ4n) is 3.55. The van der Waals surface area contributed by atoms with Crippen molar-refractivity contribution in [2.24, 2.45) is 0 Å². The van der Waals surface area contributed by atoms with Gasteiger partial charge in [0.15, 0.2) is 11.5 Å². The molecule has 1 heterocycles. The van der Waals surface area contributed by atoms with Crippen LogP contribution in [0.1, 0.15) is 22.6 Å². The molecule has 6 N–H and O–H groups in total. The van der Waals surface area contributed by atoms with Crippen LogP contribution in [-0.2, 0) is 6.42 Å². The summed E-state index contributed by atoms with van der Waals surface area (Å²) in [6.45, 7) is 0. The zero-order valence-corrected chi connectivity index (χ0v) is 14.6. The molecule has 0 amide bonds. The number of aliphatic hydroxyl groups is 1. The third kappa shape index (κ3) is 3.01. The van der Waals surface area contributed by atoms with Crippen LogP contribution in [0.5, 0.6) is 40.2 Å². The molecule has 28 heavy (non-hydrogen) atoms. The summed E-state index contributed by atoms with van der Waals surface area (Å²) in [4.78, 5) is 0. The maximum Gasteiger partial charge on any atom is 0.161 e. The number of aromatic hydroxyl groups is 5. The van der Waals surface area contributed by atoms with E-state index in [0.29, 0.717) is 16.7 Å². The Bertz CT molecular complexity index is 1040. The lowest BCUT2D eigenvalue weighted by Crippen LogP contribution is -2.24. The van der Waals surface area contributed by atoms with Gasteiger partial charge in [-0.1, -0.05) is 12.1 Å². The van der Waals surface area contributed by atoms with Gasteiger partial charge in [-0.05, 0) is 23.8 Å². The largest absolute Gasteiger partial charge is 0.508 e. The van der Waals surface area contributed by atoms with Crippen molar-refractivity contribution in [2.75, 3.05) is 0 Å². The van der Waals surface area contributed by atoms with Crippen LogP contribution in [0.25, 0.3) is 0 Å². The smallest absolute Gasteiger partial charge is 0.161 e. The Morgan fingerprint density at radius 1 is 0.714 bits per heavy atom. The first-order valence-corrected chi connectivity index (χ1v) is 8.59. The molecule has 7 heteroatoms. The second-order valence-corrected chi connectivity index (χ2v) is 6.76. The van der Waals surface area contributed by atoms with Gasteiger partial charge in [0, 0.05) is 41.7 Å². The lowest BCUT2D eigenvalue weighted by molar-refractivity contribution is 0.151. The van der Waals surface area contributed by atoms with E-state index in [9.17, 15) is 30.6 Å². The summed E-state index contributed by atoms with van der Waals surface area (Å²) in [5.41, 5.74) is 1.34. The van der Waals surface area contributed by atoms with Crippen molar-refractivity contribution in [2.45, 2.75) is 18.4 Å². The fraction of sp³-hybridized carbons (Fsp3) is 0.143. The second-order valence-electron chi connectivity index (χ2n) is 6.76. The number of phenolic OH excluding ortho intramolecular Hbond substituents is 5. The van der Waals surface area contributed by atoms with Crippen LogP contribution in [0, 0.1) is 0 Å². The average molecular weight is 382 g/mol. The summed E-state index contributed by atoms with van der Waals surface area (Å²) in [5.74, 6) is -1.57. The molecule has 0 fully saturated rings. The van der Waals surface area contributed by atoms with Crippen molar-refractivity contribution in [1.29, 1.82) is 0 Å². The van der Waals surface area contributed by atoms with Crippen molar-refractivity contribution < 1.29 is 35.4 Å². The Morgan fingerprint density at radius 2 is 1.39 bits per heavy atom. The summed E-state index contributed by atoms with van der Waals surface area (Å²) in [6.07, 6.45) is -1.03. The third-order valence-electron chi connectivity index (χ3n) is 4.88. The van der Waals surface area contributed by atoms with Gasteiger partial charge in [0.2, 0.25) is 0 Å². The topological polar surface area (TPSA) is 131 Å². The molecule has 0 bridgehead atoms. The molecule has 3 aromatic carbocycles. The molecule has 0 radical (unpaired) electrons. The van der Waals surface area contributed by atoms with Crippen molar-refractivity contribution >= 4 is 0 Å². The highest BCUT2D eigenvalue weighted by atomic mass is 16.5. The molecule has 3 aromatic rings. The Hall–Kier alpha value is -3.58. The molecule has 1 aliphatic rings. The molecule has 0 spiro atoms. The van der Waals surface area contributed by atoms with Crippen LogP contribution in [0.3, 0.4) is 0 Å². The van der Waals surface area contributed by atoms with Gasteiger partial charge in [0.1, 0.15) is 28.7 Å². The van der Waals surface area contributed by atoms with E-state index in [4.69, 9.17) is 4.74 Å². The zero-order valence-electron chi connectivity index (χ0n) is 14.6. The van der Waals surface area contributed by atoms with Gasteiger partial charge in [-0.15, -0.1) is 0 Å². The maximum atomic E-state index is 11.0. The molecule has 0 saturated carbocycles. The number of aliphatic hydroxyl groups excluding tert-OH is 1. The van der Waals surface area contributed by atoms with Gasteiger partial charge in [0.05, 0.1) is 6.10 Å². The molecule has 7 nitrogen and oxygen atoms in total. The first-order chi connectivity index (χ1) is 13.3. The molecule has 0 aliphatic carbocycles. The van der Waals surface area contributed by atoms with Crippen molar-refractivity contribution in [3.63, 3.8) is 0 Å². The number of phenols is 5. The number of ether oxygens (including phenoxy) is 1. The molecular formula is C21H18O7. The fourth-order valence-corrected chi connectivity index (χ4v) is 3.55. The lowest BCUT2D eigenvalue weighted by Gasteiger charge is -2.30. The first kappa shape index (κ1) is 17.8. The Morgan fingerprint density at radius 3 is 2.11 bits per heavy atom. The highest BCUT2D eigenvalue weighted by Crippen LogP contribution is 2.47. The SMILES string of the molecule is Oc1ccc([C@@H]2c3cc(O)c(O)cc3Oc3cc(O)cc(O)c3C[C@@H]2O)cc1. The molecule has 0 aromatic heterocycles. The lowest BCUT2D eigenvalue weighted by atomic mass is 9.82. The second kappa shape index (κ2) is 6.54. The number of hydrogen-bond acceptors (Lipinski definition) is 7. The monoisotopic (exact) mass is 382 g/mol. The molecule has 0 saturated heterocycles. The van der Waals surface area contributed by atoms with E-state index in [-0.39, 0.29) is 40.9 Å². The zero-order chi connectivity index (χ0) is 20.0. The van der Waals surface area contributed by atoms with E-state index < -0.39 is 17.8 Å². The van der Waals surface area contributed by atoms with Crippen LogP contribution in [-0.4, -0.2) is 36.7 Å². The number of fused-ring (bicyclic) bond motifs is 2. The predicted molar refractivity (Wildman–Crippen MR) is 99.3 cm³/mol. The standard InChI is InChI=1S/C21H18O7/c22-11-3-1-10(2-4-11)21-14-8-16(25)17(26)9-20(14)28-19-6-12(23)5-15(24)13(19)7-18(21)27/h1-6,8-9,18,21-27H,7H2/t18-,21+/m0/s1. The minimum atomic E-state index is -1.04. The molecule has 0 unspecified atom stereocenters. The van der Waals surface area contributed by atoms with Gasteiger partial charge in [-0.25, -0.2) is 0 Å². The van der Waals surface area contributed by atoms with Crippen LogP contribution < -0.4 is 4.74 Å². The summed E-state index contributed by atoms with van der Waals surface area (Å²) >= 11 is 0. The summed E-state index contributed by atoms with van der Waals surface area (Å²) in [6, 6.07) is 11.2.